The van der Waals surface area contributed by atoms with Crippen LogP contribution in [0.3, 0.4) is 0 Å². The maximum atomic E-state index is 12.1. The first-order chi connectivity index (χ1) is 8.22. The normalized spacial score (nSPS) is 15.0. The van der Waals surface area contributed by atoms with Crippen LogP contribution >= 0.6 is 0 Å². The predicted molar refractivity (Wildman–Crippen MR) is 67.2 cm³/mol. The van der Waals surface area contributed by atoms with Crippen molar-refractivity contribution in [3.05, 3.63) is 23.8 Å². The second-order valence-electron chi connectivity index (χ2n) is 4.18. The molecule has 1 aliphatic rings. The Bertz CT molecular complexity index is 412. The van der Waals surface area contributed by atoms with E-state index in [-0.39, 0.29) is 5.91 Å². The number of nitrogen functional groups attached to an aromatic ring is 1. The van der Waals surface area contributed by atoms with Gasteiger partial charge in [0, 0.05) is 18.7 Å². The molecule has 0 aromatic heterocycles. The molecule has 17 heavy (non-hydrogen) atoms. The predicted octanol–water partition coefficient (Wildman–Crippen LogP) is 1.90. The molecule has 1 amide bonds. The lowest BCUT2D eigenvalue weighted by molar-refractivity contribution is 0.0792. The molecule has 1 aromatic rings. The maximum absolute atomic E-state index is 12.1. The Kier molecular flexibility index (Phi) is 3.52. The van der Waals surface area contributed by atoms with Crippen LogP contribution in [-0.2, 0) is 0 Å². The highest BCUT2D eigenvalue weighted by molar-refractivity contribution is 5.95. The number of carbonyl (C=O) groups excluding carboxylic acids is 1. The third-order valence-corrected chi connectivity index (χ3v) is 2.95. The van der Waals surface area contributed by atoms with E-state index in [0.29, 0.717) is 23.6 Å². The lowest BCUT2D eigenvalue weighted by atomic mass is 10.1. The summed E-state index contributed by atoms with van der Waals surface area (Å²) < 4.78 is 5.39. The Morgan fingerprint density at radius 2 is 2.12 bits per heavy atom. The van der Waals surface area contributed by atoms with Crippen molar-refractivity contribution in [2.24, 2.45) is 0 Å². The van der Waals surface area contributed by atoms with Gasteiger partial charge in [0.2, 0.25) is 0 Å². The van der Waals surface area contributed by atoms with Crippen LogP contribution in [0.15, 0.2) is 18.2 Å². The van der Waals surface area contributed by atoms with Gasteiger partial charge >= 0.3 is 0 Å². The molecule has 92 valence electrons. The molecule has 4 heteroatoms. The van der Waals surface area contributed by atoms with Gasteiger partial charge in [-0.15, -0.1) is 0 Å². The van der Waals surface area contributed by atoms with E-state index in [0.717, 1.165) is 25.9 Å². The van der Waals surface area contributed by atoms with Crippen LogP contribution in [0.1, 0.15) is 30.1 Å². The fraction of sp³-hybridized carbons (Fsp3) is 0.462. The Morgan fingerprint density at radius 1 is 1.41 bits per heavy atom. The number of rotatable bonds is 3. The van der Waals surface area contributed by atoms with E-state index in [1.165, 1.54) is 0 Å². The summed E-state index contributed by atoms with van der Waals surface area (Å²) in [4.78, 5) is 14.0. The molecule has 4 nitrogen and oxygen atoms in total. The van der Waals surface area contributed by atoms with Gasteiger partial charge in [-0.05, 0) is 38.0 Å². The monoisotopic (exact) mass is 234 g/mol. The molecule has 0 aliphatic carbocycles. The van der Waals surface area contributed by atoms with Crippen LogP contribution in [0.2, 0.25) is 0 Å². The van der Waals surface area contributed by atoms with Gasteiger partial charge in [-0.2, -0.15) is 0 Å². The number of ether oxygens (including phenoxy) is 1. The molecule has 0 saturated carbocycles. The topological polar surface area (TPSA) is 55.6 Å². The van der Waals surface area contributed by atoms with Gasteiger partial charge in [0.25, 0.3) is 5.91 Å². The zero-order valence-electron chi connectivity index (χ0n) is 10.1. The number of anilines is 1. The largest absolute Gasteiger partial charge is 0.492 e. The minimum atomic E-state index is 0.0726. The smallest absolute Gasteiger partial charge is 0.253 e. The van der Waals surface area contributed by atoms with Crippen molar-refractivity contribution in [2.75, 3.05) is 25.4 Å². The van der Waals surface area contributed by atoms with Crippen LogP contribution in [0.4, 0.5) is 5.69 Å². The van der Waals surface area contributed by atoms with Crippen molar-refractivity contribution in [2.45, 2.75) is 19.8 Å². The highest BCUT2D eigenvalue weighted by Gasteiger charge is 2.20. The number of hydrogen-bond donors (Lipinski definition) is 1. The van der Waals surface area contributed by atoms with Crippen molar-refractivity contribution in [3.8, 4) is 5.75 Å². The maximum Gasteiger partial charge on any atom is 0.253 e. The molecule has 1 saturated heterocycles. The van der Waals surface area contributed by atoms with Crippen LogP contribution < -0.4 is 10.5 Å². The minimum Gasteiger partial charge on any atom is -0.492 e. The van der Waals surface area contributed by atoms with E-state index in [4.69, 9.17) is 10.5 Å². The molecular formula is C13H18N2O2. The summed E-state index contributed by atoms with van der Waals surface area (Å²) in [6, 6.07) is 5.23. The Morgan fingerprint density at radius 3 is 2.76 bits per heavy atom. The fourth-order valence-corrected chi connectivity index (χ4v) is 2.05. The van der Waals surface area contributed by atoms with E-state index in [1.54, 1.807) is 18.2 Å². The first kappa shape index (κ1) is 11.8. The standard InChI is InChI=1S/C13H18N2O2/c1-2-17-12-9-10(5-6-11(12)14)13(16)15-7-3-4-8-15/h5-6,9H,2-4,7-8,14H2,1H3. The second kappa shape index (κ2) is 5.08. The number of nitrogens with two attached hydrogens (primary N) is 1. The number of benzene rings is 1. The molecule has 2 N–H and O–H groups in total. The number of hydrogen-bond acceptors (Lipinski definition) is 3. The zero-order valence-corrected chi connectivity index (χ0v) is 10.1. The summed E-state index contributed by atoms with van der Waals surface area (Å²) >= 11 is 0. The molecule has 0 atom stereocenters. The molecule has 0 spiro atoms. The van der Waals surface area contributed by atoms with Gasteiger partial charge < -0.3 is 15.4 Å². The van der Waals surface area contributed by atoms with Gasteiger partial charge in [0.1, 0.15) is 5.75 Å². The molecule has 1 fully saturated rings. The molecule has 1 heterocycles. The van der Waals surface area contributed by atoms with Crippen LogP contribution in [0, 0.1) is 0 Å². The molecule has 1 aromatic carbocycles. The summed E-state index contributed by atoms with van der Waals surface area (Å²) in [7, 11) is 0. The summed E-state index contributed by atoms with van der Waals surface area (Å²) in [5, 5.41) is 0. The highest BCUT2D eigenvalue weighted by Crippen LogP contribution is 2.24. The van der Waals surface area contributed by atoms with Crippen molar-refractivity contribution >= 4 is 11.6 Å². The highest BCUT2D eigenvalue weighted by atomic mass is 16.5. The van der Waals surface area contributed by atoms with Gasteiger partial charge in [-0.1, -0.05) is 0 Å². The number of nitrogens with zero attached hydrogens (tertiary/aromatic N) is 1. The molecular weight excluding hydrogens is 216 g/mol. The van der Waals surface area contributed by atoms with E-state index < -0.39 is 0 Å². The SMILES string of the molecule is CCOc1cc(C(=O)N2CCCC2)ccc1N. The average Bonchev–Trinajstić information content (AvgIpc) is 2.85. The van der Waals surface area contributed by atoms with Gasteiger partial charge in [-0.25, -0.2) is 0 Å². The molecule has 0 bridgehead atoms. The van der Waals surface area contributed by atoms with Crippen LogP contribution in [0.5, 0.6) is 5.75 Å². The molecule has 0 unspecified atom stereocenters. The summed E-state index contributed by atoms with van der Waals surface area (Å²) in [6.07, 6.45) is 2.19. The van der Waals surface area contributed by atoms with Crippen molar-refractivity contribution < 1.29 is 9.53 Å². The first-order valence-corrected chi connectivity index (χ1v) is 6.04. The van der Waals surface area contributed by atoms with E-state index in [2.05, 4.69) is 0 Å². The second-order valence-corrected chi connectivity index (χ2v) is 4.18. The number of likely N-dealkylation sites (tertiary alicyclic amines) is 1. The average molecular weight is 234 g/mol. The van der Waals surface area contributed by atoms with Gasteiger partial charge in [0.05, 0.1) is 12.3 Å². The first-order valence-electron chi connectivity index (χ1n) is 6.04. The fourth-order valence-electron chi connectivity index (χ4n) is 2.05. The third kappa shape index (κ3) is 2.52. The van der Waals surface area contributed by atoms with E-state index >= 15 is 0 Å². The van der Waals surface area contributed by atoms with Crippen molar-refractivity contribution in [1.29, 1.82) is 0 Å². The summed E-state index contributed by atoms with van der Waals surface area (Å²) in [5.41, 5.74) is 7.01. The Hall–Kier alpha value is -1.71. The number of carbonyl (C=O) groups is 1. The van der Waals surface area contributed by atoms with Crippen molar-refractivity contribution in [1.82, 2.24) is 4.90 Å². The van der Waals surface area contributed by atoms with Crippen LogP contribution in [0.25, 0.3) is 0 Å². The molecule has 2 rings (SSSR count). The van der Waals surface area contributed by atoms with Crippen LogP contribution in [-0.4, -0.2) is 30.5 Å². The summed E-state index contributed by atoms with van der Waals surface area (Å²) in [6.45, 7) is 4.15. The van der Waals surface area contributed by atoms with E-state index in [9.17, 15) is 4.79 Å². The number of amides is 1. The molecule has 0 radical (unpaired) electrons. The Labute approximate surface area is 101 Å². The third-order valence-electron chi connectivity index (χ3n) is 2.95. The lowest BCUT2D eigenvalue weighted by Gasteiger charge is -2.16. The van der Waals surface area contributed by atoms with Crippen molar-refractivity contribution in [3.63, 3.8) is 0 Å². The Balaban J connectivity index is 2.20. The van der Waals surface area contributed by atoms with Gasteiger partial charge in [-0.3, -0.25) is 4.79 Å². The molecule has 1 aliphatic heterocycles. The quantitative estimate of drug-likeness (QED) is 0.813. The lowest BCUT2D eigenvalue weighted by Crippen LogP contribution is -2.27. The van der Waals surface area contributed by atoms with E-state index in [1.807, 2.05) is 11.8 Å². The zero-order chi connectivity index (χ0) is 12.3. The summed E-state index contributed by atoms with van der Waals surface area (Å²) in [5.74, 6) is 0.668. The van der Waals surface area contributed by atoms with Gasteiger partial charge in [0.15, 0.2) is 0 Å². The minimum absolute atomic E-state index is 0.0726.